The van der Waals surface area contributed by atoms with E-state index in [0.717, 1.165) is 32.5 Å². The maximum absolute atomic E-state index is 13.0. The van der Waals surface area contributed by atoms with Crippen molar-refractivity contribution in [2.24, 2.45) is 14.1 Å². The molecule has 1 amide bonds. The molecule has 9 nitrogen and oxygen atoms in total. The second kappa shape index (κ2) is 9.07. The minimum atomic E-state index is -0.366. The molecular weight excluding hydrogens is 415 g/mol. The molecule has 32 heavy (non-hydrogen) atoms. The number of nitrogens with zero attached hydrogens (tertiary/aromatic N) is 5. The van der Waals surface area contributed by atoms with Gasteiger partial charge in [-0.3, -0.25) is 18.7 Å². The number of aromatic nitrogens is 4. The standard InChI is InChI=1S/C22H27FN6O3/c1-26-14-24-19-18(26)21(31)29(22(32)27(19)2)11-3-10-28-12-8-17(9-13-28)25-20(30)15-4-6-16(23)7-5-15/h4-7,14,17H,3,8-13H2,1-2H3,(H,25,30). The fourth-order valence-corrected chi connectivity index (χ4v) is 4.22. The van der Waals surface area contributed by atoms with Crippen LogP contribution < -0.4 is 16.6 Å². The number of nitrogens with one attached hydrogen (secondary N) is 1. The van der Waals surface area contributed by atoms with Gasteiger partial charge in [0.15, 0.2) is 11.2 Å². The summed E-state index contributed by atoms with van der Waals surface area (Å²) >= 11 is 0. The van der Waals surface area contributed by atoms with Gasteiger partial charge < -0.3 is 14.8 Å². The van der Waals surface area contributed by atoms with Crippen LogP contribution in [0.4, 0.5) is 4.39 Å². The Balaban J connectivity index is 1.29. The second-order valence-corrected chi connectivity index (χ2v) is 8.28. The molecule has 2 aromatic heterocycles. The molecule has 1 N–H and O–H groups in total. The number of hydrogen-bond acceptors (Lipinski definition) is 5. The van der Waals surface area contributed by atoms with Gasteiger partial charge >= 0.3 is 5.69 Å². The Morgan fingerprint density at radius 2 is 1.81 bits per heavy atom. The first-order valence-electron chi connectivity index (χ1n) is 10.7. The summed E-state index contributed by atoms with van der Waals surface area (Å²) in [5.41, 5.74) is 0.591. The van der Waals surface area contributed by atoms with Gasteiger partial charge in [0.1, 0.15) is 5.82 Å². The molecule has 1 fully saturated rings. The summed E-state index contributed by atoms with van der Waals surface area (Å²) in [5, 5.41) is 3.01. The molecule has 0 spiro atoms. The molecular formula is C22H27FN6O3. The SMILES string of the molecule is Cn1cnc2c1c(=O)n(CCCN1CCC(NC(=O)c3ccc(F)cc3)CC1)c(=O)n2C. The zero-order valence-corrected chi connectivity index (χ0v) is 18.3. The van der Waals surface area contributed by atoms with Crippen LogP contribution in [0.25, 0.3) is 11.2 Å². The fourth-order valence-electron chi connectivity index (χ4n) is 4.22. The van der Waals surface area contributed by atoms with Crippen LogP contribution in [-0.2, 0) is 20.6 Å². The van der Waals surface area contributed by atoms with Crippen molar-refractivity contribution < 1.29 is 9.18 Å². The monoisotopic (exact) mass is 442 g/mol. The first-order valence-corrected chi connectivity index (χ1v) is 10.7. The van der Waals surface area contributed by atoms with Gasteiger partial charge in [0.25, 0.3) is 11.5 Å². The van der Waals surface area contributed by atoms with Crippen molar-refractivity contribution in [2.75, 3.05) is 19.6 Å². The number of piperidine rings is 1. The van der Waals surface area contributed by atoms with E-state index in [1.807, 2.05) is 0 Å². The topological polar surface area (TPSA) is 94.2 Å². The molecule has 3 aromatic rings. The lowest BCUT2D eigenvalue weighted by Crippen LogP contribution is -2.45. The Morgan fingerprint density at radius 3 is 2.50 bits per heavy atom. The molecule has 0 bridgehead atoms. The van der Waals surface area contributed by atoms with Crippen LogP contribution in [0.2, 0.25) is 0 Å². The number of rotatable bonds is 6. The van der Waals surface area contributed by atoms with Gasteiger partial charge in [0, 0.05) is 45.3 Å². The summed E-state index contributed by atoms with van der Waals surface area (Å²) in [7, 11) is 3.36. The number of amides is 1. The van der Waals surface area contributed by atoms with Gasteiger partial charge in [0.2, 0.25) is 0 Å². The molecule has 0 saturated carbocycles. The number of likely N-dealkylation sites (tertiary alicyclic amines) is 1. The van der Waals surface area contributed by atoms with E-state index in [-0.39, 0.29) is 29.0 Å². The summed E-state index contributed by atoms with van der Waals surface area (Å²) in [6, 6.07) is 5.60. The Bertz CT molecular complexity index is 1240. The number of carbonyl (C=O) groups is 1. The minimum absolute atomic E-state index is 0.0750. The number of benzene rings is 1. The van der Waals surface area contributed by atoms with Crippen molar-refractivity contribution in [3.05, 3.63) is 62.8 Å². The first kappa shape index (κ1) is 21.9. The van der Waals surface area contributed by atoms with Crippen molar-refractivity contribution in [1.29, 1.82) is 0 Å². The Hall–Kier alpha value is -3.27. The van der Waals surface area contributed by atoms with Gasteiger partial charge in [-0.2, -0.15) is 0 Å². The Kier molecular flexibility index (Phi) is 6.22. The average Bonchev–Trinajstić information content (AvgIpc) is 3.18. The first-order chi connectivity index (χ1) is 15.3. The average molecular weight is 442 g/mol. The molecule has 0 unspecified atom stereocenters. The minimum Gasteiger partial charge on any atom is -0.349 e. The zero-order chi connectivity index (χ0) is 22.8. The Morgan fingerprint density at radius 1 is 1.12 bits per heavy atom. The van der Waals surface area contributed by atoms with E-state index in [9.17, 15) is 18.8 Å². The molecule has 1 aliphatic rings. The summed E-state index contributed by atoms with van der Waals surface area (Å²) in [4.78, 5) is 44.1. The molecule has 3 heterocycles. The number of carbonyl (C=O) groups excluding carboxylic acids is 1. The molecule has 1 aliphatic heterocycles. The highest BCUT2D eigenvalue weighted by atomic mass is 19.1. The lowest BCUT2D eigenvalue weighted by Gasteiger charge is -2.32. The van der Waals surface area contributed by atoms with Gasteiger partial charge in [-0.1, -0.05) is 0 Å². The van der Waals surface area contributed by atoms with Crippen molar-refractivity contribution in [3.8, 4) is 0 Å². The van der Waals surface area contributed by atoms with E-state index in [1.165, 1.54) is 39.7 Å². The third-order valence-electron chi connectivity index (χ3n) is 6.09. The molecule has 4 rings (SSSR count). The van der Waals surface area contributed by atoms with Gasteiger partial charge in [-0.25, -0.2) is 14.2 Å². The number of hydrogen-bond donors (Lipinski definition) is 1. The highest BCUT2D eigenvalue weighted by molar-refractivity contribution is 5.94. The van der Waals surface area contributed by atoms with Crippen LogP contribution in [0, 0.1) is 5.82 Å². The largest absolute Gasteiger partial charge is 0.349 e. The van der Waals surface area contributed by atoms with Crippen LogP contribution in [0.3, 0.4) is 0 Å². The van der Waals surface area contributed by atoms with E-state index in [0.29, 0.717) is 29.7 Å². The van der Waals surface area contributed by atoms with E-state index < -0.39 is 0 Å². The number of aryl methyl sites for hydroxylation is 2. The third-order valence-corrected chi connectivity index (χ3v) is 6.09. The smallest absolute Gasteiger partial charge is 0.332 e. The lowest BCUT2D eigenvalue weighted by atomic mass is 10.0. The molecule has 0 radical (unpaired) electrons. The predicted molar refractivity (Wildman–Crippen MR) is 118 cm³/mol. The molecule has 170 valence electrons. The molecule has 0 aliphatic carbocycles. The van der Waals surface area contributed by atoms with Gasteiger partial charge in [0.05, 0.1) is 6.33 Å². The summed E-state index contributed by atoms with van der Waals surface area (Å²) < 4.78 is 17.3. The number of imidazole rings is 1. The van der Waals surface area contributed by atoms with Crippen LogP contribution in [0.1, 0.15) is 29.6 Å². The molecule has 0 atom stereocenters. The second-order valence-electron chi connectivity index (χ2n) is 8.28. The summed E-state index contributed by atoms with van der Waals surface area (Å²) in [5.74, 6) is -0.556. The van der Waals surface area contributed by atoms with Crippen molar-refractivity contribution in [3.63, 3.8) is 0 Å². The van der Waals surface area contributed by atoms with E-state index in [2.05, 4.69) is 15.2 Å². The van der Waals surface area contributed by atoms with E-state index in [1.54, 1.807) is 18.7 Å². The molecule has 10 heteroatoms. The van der Waals surface area contributed by atoms with Crippen molar-refractivity contribution >= 4 is 17.1 Å². The highest BCUT2D eigenvalue weighted by Gasteiger charge is 2.21. The van der Waals surface area contributed by atoms with Crippen LogP contribution >= 0.6 is 0 Å². The van der Waals surface area contributed by atoms with Crippen molar-refractivity contribution in [2.45, 2.75) is 31.8 Å². The molecule has 1 aromatic carbocycles. The lowest BCUT2D eigenvalue weighted by molar-refractivity contribution is 0.0910. The van der Waals surface area contributed by atoms with Gasteiger partial charge in [-0.05, 0) is 50.1 Å². The summed E-state index contributed by atoms with van der Waals surface area (Å²) in [6.07, 6.45) is 3.84. The van der Waals surface area contributed by atoms with Crippen LogP contribution in [0.5, 0.6) is 0 Å². The number of halogens is 1. The maximum atomic E-state index is 13.0. The van der Waals surface area contributed by atoms with E-state index >= 15 is 0 Å². The Labute approximate surface area is 184 Å². The predicted octanol–water partition coefficient (Wildman–Crippen LogP) is 0.857. The van der Waals surface area contributed by atoms with E-state index in [4.69, 9.17) is 0 Å². The van der Waals surface area contributed by atoms with Gasteiger partial charge in [-0.15, -0.1) is 0 Å². The van der Waals surface area contributed by atoms with Crippen LogP contribution in [-0.4, -0.2) is 55.2 Å². The maximum Gasteiger partial charge on any atom is 0.332 e. The fraction of sp³-hybridized carbons (Fsp3) is 0.455. The summed E-state index contributed by atoms with van der Waals surface area (Å²) in [6.45, 7) is 2.75. The normalized spacial score (nSPS) is 15.3. The zero-order valence-electron chi connectivity index (χ0n) is 18.3. The molecule has 1 saturated heterocycles. The van der Waals surface area contributed by atoms with Crippen molar-refractivity contribution in [1.82, 2.24) is 28.9 Å². The van der Waals surface area contributed by atoms with Crippen LogP contribution in [0.15, 0.2) is 40.2 Å². The quantitative estimate of drug-likeness (QED) is 0.611. The number of fused-ring (bicyclic) bond motifs is 1. The highest BCUT2D eigenvalue weighted by Crippen LogP contribution is 2.12. The third kappa shape index (κ3) is 4.36.